The molecule has 1 aromatic carbocycles. The monoisotopic (exact) mass is 290 g/mol. The number of esters is 1. The second kappa shape index (κ2) is 6.48. The number of halogens is 1. The number of hydrogen-bond donors (Lipinski definition) is 2. The first-order valence-corrected chi connectivity index (χ1v) is 7.05. The topological polar surface area (TPSA) is 98.5 Å². The molecule has 3 N–H and O–H groups in total. The van der Waals surface area contributed by atoms with Crippen molar-refractivity contribution in [3.8, 4) is 0 Å². The summed E-state index contributed by atoms with van der Waals surface area (Å²) >= 11 is 0. The molecule has 0 amide bonds. The molecular formula is C11H15FN2O4S. The molecule has 0 unspecified atom stereocenters. The zero-order chi connectivity index (χ0) is 14.5. The average Bonchev–Trinajstić information content (AvgIpc) is 2.28. The third-order valence-corrected chi connectivity index (χ3v) is 3.72. The van der Waals surface area contributed by atoms with Gasteiger partial charge in [0.2, 0.25) is 10.0 Å². The van der Waals surface area contributed by atoms with Crippen LogP contribution in [-0.4, -0.2) is 27.5 Å². The molecule has 0 aliphatic rings. The standard InChI is InChI=1S/C11H15FN2O4S/c1-2-18-11(15)5-6-14-19(16,17)10-4-3-8(12)7-9(10)13/h3-4,7,14H,2,5-6,13H2,1H3. The molecule has 1 aromatic rings. The summed E-state index contributed by atoms with van der Waals surface area (Å²) in [5, 5.41) is 0. The molecule has 1 rings (SSSR count). The van der Waals surface area contributed by atoms with E-state index in [0.717, 1.165) is 18.2 Å². The minimum Gasteiger partial charge on any atom is -0.466 e. The van der Waals surface area contributed by atoms with Crippen LogP contribution in [0.2, 0.25) is 0 Å². The van der Waals surface area contributed by atoms with E-state index in [1.807, 2.05) is 0 Å². The molecule has 0 bridgehead atoms. The smallest absolute Gasteiger partial charge is 0.307 e. The predicted octanol–water partition coefficient (Wildman–Crippen LogP) is 0.639. The average molecular weight is 290 g/mol. The highest BCUT2D eigenvalue weighted by Crippen LogP contribution is 2.18. The van der Waals surface area contributed by atoms with E-state index >= 15 is 0 Å². The number of carbonyl (C=O) groups excluding carboxylic acids is 1. The molecule has 0 saturated heterocycles. The van der Waals surface area contributed by atoms with Crippen LogP contribution in [0.5, 0.6) is 0 Å². The fourth-order valence-corrected chi connectivity index (χ4v) is 2.51. The number of nitrogen functional groups attached to an aromatic ring is 1. The summed E-state index contributed by atoms with van der Waals surface area (Å²) in [6.07, 6.45) is -0.0891. The Morgan fingerprint density at radius 3 is 2.74 bits per heavy atom. The lowest BCUT2D eigenvalue weighted by molar-refractivity contribution is -0.142. The second-order valence-electron chi connectivity index (χ2n) is 3.63. The summed E-state index contributed by atoms with van der Waals surface area (Å²) in [5.41, 5.74) is 5.24. The van der Waals surface area contributed by atoms with E-state index in [1.165, 1.54) is 0 Å². The largest absolute Gasteiger partial charge is 0.466 e. The Hall–Kier alpha value is -1.67. The Labute approximate surface area is 110 Å². The third-order valence-electron chi connectivity index (χ3n) is 2.19. The van der Waals surface area contributed by atoms with E-state index in [2.05, 4.69) is 9.46 Å². The van der Waals surface area contributed by atoms with Gasteiger partial charge in [-0.2, -0.15) is 0 Å². The van der Waals surface area contributed by atoms with Gasteiger partial charge in [0.15, 0.2) is 0 Å². The van der Waals surface area contributed by atoms with Gasteiger partial charge < -0.3 is 10.5 Å². The Balaban J connectivity index is 2.68. The molecule has 8 heteroatoms. The maximum absolute atomic E-state index is 12.8. The van der Waals surface area contributed by atoms with Gasteiger partial charge >= 0.3 is 5.97 Å². The first kappa shape index (κ1) is 15.4. The summed E-state index contributed by atoms with van der Waals surface area (Å²) in [5.74, 6) is -1.12. The number of anilines is 1. The highest BCUT2D eigenvalue weighted by Gasteiger charge is 2.17. The Bertz CT molecular complexity index is 560. The first-order valence-electron chi connectivity index (χ1n) is 5.57. The van der Waals surface area contributed by atoms with Gasteiger partial charge in [-0.05, 0) is 25.1 Å². The van der Waals surface area contributed by atoms with Crippen LogP contribution in [-0.2, 0) is 19.6 Å². The molecule has 0 atom stereocenters. The van der Waals surface area contributed by atoms with Crippen LogP contribution in [0.1, 0.15) is 13.3 Å². The maximum Gasteiger partial charge on any atom is 0.307 e. The molecule has 0 aliphatic heterocycles. The van der Waals surface area contributed by atoms with Crippen molar-refractivity contribution in [2.24, 2.45) is 0 Å². The molecule has 0 spiro atoms. The lowest BCUT2D eigenvalue weighted by Gasteiger charge is -2.08. The Morgan fingerprint density at radius 2 is 2.16 bits per heavy atom. The van der Waals surface area contributed by atoms with Crippen molar-refractivity contribution in [1.29, 1.82) is 0 Å². The summed E-state index contributed by atoms with van der Waals surface area (Å²) < 4.78 is 43.3. The zero-order valence-electron chi connectivity index (χ0n) is 10.3. The number of sulfonamides is 1. The quantitative estimate of drug-likeness (QED) is 0.591. The summed E-state index contributed by atoms with van der Waals surface area (Å²) in [4.78, 5) is 10.8. The van der Waals surface area contributed by atoms with E-state index in [-0.39, 0.29) is 30.2 Å². The molecular weight excluding hydrogens is 275 g/mol. The maximum atomic E-state index is 12.8. The van der Waals surface area contributed by atoms with Crippen LogP contribution in [0.25, 0.3) is 0 Å². The van der Waals surface area contributed by atoms with Gasteiger partial charge in [0.05, 0.1) is 18.7 Å². The van der Waals surface area contributed by atoms with Gasteiger partial charge in [-0.25, -0.2) is 17.5 Å². The minimum absolute atomic E-state index is 0.0891. The first-order chi connectivity index (χ1) is 8.86. The van der Waals surface area contributed by atoms with Gasteiger partial charge in [0.1, 0.15) is 10.7 Å². The van der Waals surface area contributed by atoms with Gasteiger partial charge in [-0.3, -0.25) is 4.79 Å². The SMILES string of the molecule is CCOC(=O)CCNS(=O)(=O)c1ccc(F)cc1N. The van der Waals surface area contributed by atoms with Crippen molar-refractivity contribution < 1.29 is 22.3 Å². The highest BCUT2D eigenvalue weighted by molar-refractivity contribution is 7.89. The van der Waals surface area contributed by atoms with Crippen LogP contribution < -0.4 is 10.5 Å². The van der Waals surface area contributed by atoms with Crippen LogP contribution in [0, 0.1) is 5.82 Å². The predicted molar refractivity (Wildman–Crippen MR) is 67.3 cm³/mol. The minimum atomic E-state index is -3.87. The van der Waals surface area contributed by atoms with Crippen LogP contribution in [0.3, 0.4) is 0 Å². The van der Waals surface area contributed by atoms with E-state index in [1.54, 1.807) is 6.92 Å². The van der Waals surface area contributed by atoms with Crippen molar-refractivity contribution in [1.82, 2.24) is 4.72 Å². The fourth-order valence-electron chi connectivity index (χ4n) is 1.36. The molecule has 0 fully saturated rings. The van der Waals surface area contributed by atoms with E-state index in [0.29, 0.717) is 0 Å². The van der Waals surface area contributed by atoms with E-state index < -0.39 is 21.8 Å². The van der Waals surface area contributed by atoms with E-state index in [9.17, 15) is 17.6 Å². The highest BCUT2D eigenvalue weighted by atomic mass is 32.2. The fraction of sp³-hybridized carbons (Fsp3) is 0.364. The van der Waals surface area contributed by atoms with Crippen molar-refractivity contribution >= 4 is 21.7 Å². The molecule has 106 valence electrons. The molecule has 0 radical (unpaired) electrons. The normalized spacial score (nSPS) is 11.3. The molecule has 0 saturated carbocycles. The van der Waals surface area contributed by atoms with Crippen LogP contribution in [0.4, 0.5) is 10.1 Å². The van der Waals surface area contributed by atoms with Crippen LogP contribution in [0.15, 0.2) is 23.1 Å². The van der Waals surface area contributed by atoms with Crippen molar-refractivity contribution in [3.05, 3.63) is 24.0 Å². The van der Waals surface area contributed by atoms with E-state index in [4.69, 9.17) is 5.73 Å². The number of hydrogen-bond acceptors (Lipinski definition) is 5. The number of nitrogens with one attached hydrogen (secondary N) is 1. The molecule has 6 nitrogen and oxygen atoms in total. The number of rotatable bonds is 6. The molecule has 0 heterocycles. The molecule has 0 aromatic heterocycles. The lowest BCUT2D eigenvalue weighted by Crippen LogP contribution is -2.27. The summed E-state index contributed by atoms with van der Waals surface area (Å²) in [6, 6.07) is 2.98. The lowest BCUT2D eigenvalue weighted by atomic mass is 10.3. The summed E-state index contributed by atoms with van der Waals surface area (Å²) in [6.45, 7) is 1.77. The third kappa shape index (κ3) is 4.49. The van der Waals surface area contributed by atoms with Gasteiger partial charge in [-0.15, -0.1) is 0 Å². The molecule has 0 aliphatic carbocycles. The van der Waals surface area contributed by atoms with Gasteiger partial charge in [0.25, 0.3) is 0 Å². The Morgan fingerprint density at radius 1 is 1.47 bits per heavy atom. The van der Waals surface area contributed by atoms with Crippen molar-refractivity contribution in [2.75, 3.05) is 18.9 Å². The van der Waals surface area contributed by atoms with Crippen molar-refractivity contribution in [2.45, 2.75) is 18.2 Å². The number of ether oxygens (including phenoxy) is 1. The van der Waals surface area contributed by atoms with Crippen LogP contribution >= 0.6 is 0 Å². The summed E-state index contributed by atoms with van der Waals surface area (Å²) in [7, 11) is -3.87. The Kier molecular flexibility index (Phi) is 5.25. The van der Waals surface area contributed by atoms with Crippen molar-refractivity contribution in [3.63, 3.8) is 0 Å². The zero-order valence-corrected chi connectivity index (χ0v) is 11.2. The second-order valence-corrected chi connectivity index (χ2v) is 5.37. The van der Waals surface area contributed by atoms with Gasteiger partial charge in [0, 0.05) is 6.54 Å². The molecule has 19 heavy (non-hydrogen) atoms. The number of carbonyl (C=O) groups is 1. The number of nitrogens with two attached hydrogens (primary N) is 1. The number of benzene rings is 1. The van der Waals surface area contributed by atoms with Gasteiger partial charge in [-0.1, -0.05) is 0 Å².